The molecule has 0 saturated heterocycles. The van der Waals surface area contributed by atoms with Gasteiger partial charge in [0.1, 0.15) is 0 Å². The lowest BCUT2D eigenvalue weighted by molar-refractivity contribution is -0.140. The number of hydrogen-bond donors (Lipinski definition) is 0. The molecule has 0 saturated carbocycles. The number of halogens is 3. The molecular weight excluding hydrogens is 309 g/mol. The van der Waals surface area contributed by atoms with Crippen LogP contribution in [-0.4, -0.2) is 26.7 Å². The summed E-state index contributed by atoms with van der Waals surface area (Å²) in [5.74, 6) is -1.08. The minimum Gasteiger partial charge on any atom is -0.469 e. The molecule has 8 heteroatoms. The van der Waals surface area contributed by atoms with Crippen LogP contribution in [0.25, 0.3) is 0 Å². The van der Waals surface area contributed by atoms with Crippen LogP contribution in [0.2, 0.25) is 0 Å². The first-order chi connectivity index (χ1) is 9.56. The number of sulfone groups is 1. The molecule has 0 fully saturated rings. The smallest absolute Gasteiger partial charge is 0.416 e. The fourth-order valence-electron chi connectivity index (χ4n) is 1.61. The van der Waals surface area contributed by atoms with E-state index in [1.165, 1.54) is 6.92 Å². The van der Waals surface area contributed by atoms with Crippen LogP contribution in [0.5, 0.6) is 0 Å². The van der Waals surface area contributed by atoms with Crippen molar-refractivity contribution < 1.29 is 31.1 Å². The first-order valence-corrected chi connectivity index (χ1v) is 7.72. The summed E-state index contributed by atoms with van der Waals surface area (Å²) in [4.78, 5) is 11.1. The lowest BCUT2D eigenvalue weighted by atomic mass is 10.1. The molecule has 0 heterocycles. The molecule has 0 aromatic heterocycles. The van der Waals surface area contributed by atoms with E-state index in [-0.39, 0.29) is 12.0 Å². The van der Waals surface area contributed by atoms with Crippen molar-refractivity contribution >= 4 is 15.8 Å². The second kappa shape index (κ2) is 6.46. The Bertz CT molecular complexity index is 591. The van der Waals surface area contributed by atoms with Crippen LogP contribution in [0.15, 0.2) is 24.3 Å². The third-order valence-corrected chi connectivity index (χ3v) is 5.07. The third kappa shape index (κ3) is 5.04. The molecule has 21 heavy (non-hydrogen) atoms. The van der Waals surface area contributed by atoms with E-state index in [1.807, 2.05) is 0 Å². The van der Waals surface area contributed by atoms with Crippen LogP contribution in [0.3, 0.4) is 0 Å². The Morgan fingerprint density at radius 3 is 2.19 bits per heavy atom. The van der Waals surface area contributed by atoms with E-state index in [0.717, 1.165) is 31.4 Å². The quantitative estimate of drug-likeness (QED) is 0.781. The van der Waals surface area contributed by atoms with Crippen molar-refractivity contribution in [2.75, 3.05) is 7.11 Å². The van der Waals surface area contributed by atoms with Gasteiger partial charge in [-0.2, -0.15) is 13.2 Å². The Hall–Kier alpha value is -1.57. The summed E-state index contributed by atoms with van der Waals surface area (Å²) < 4.78 is 65.6. The second-order valence-corrected chi connectivity index (χ2v) is 7.01. The van der Waals surface area contributed by atoms with E-state index in [9.17, 15) is 26.4 Å². The first-order valence-electron chi connectivity index (χ1n) is 6.01. The van der Waals surface area contributed by atoms with Crippen LogP contribution in [-0.2, 0) is 31.3 Å². The Morgan fingerprint density at radius 2 is 1.76 bits per heavy atom. The van der Waals surface area contributed by atoms with Gasteiger partial charge in [0.25, 0.3) is 0 Å². The monoisotopic (exact) mass is 324 g/mol. The number of benzene rings is 1. The van der Waals surface area contributed by atoms with Crippen LogP contribution >= 0.6 is 0 Å². The van der Waals surface area contributed by atoms with E-state index in [2.05, 4.69) is 4.74 Å². The number of carbonyl (C=O) groups is 1. The Labute approximate surface area is 120 Å². The molecule has 1 unspecified atom stereocenters. The zero-order valence-electron chi connectivity index (χ0n) is 11.5. The normalized spacial score (nSPS) is 13.8. The van der Waals surface area contributed by atoms with Gasteiger partial charge >= 0.3 is 12.1 Å². The van der Waals surface area contributed by atoms with Crippen molar-refractivity contribution in [2.45, 2.75) is 30.5 Å². The SMILES string of the molecule is COC(=O)CC(C)S(=O)(=O)Cc1ccc(C(F)(F)F)cc1. The average Bonchev–Trinajstić information content (AvgIpc) is 2.37. The maximum atomic E-state index is 12.4. The fraction of sp³-hybridized carbons (Fsp3) is 0.462. The summed E-state index contributed by atoms with van der Waals surface area (Å²) in [7, 11) is -2.50. The van der Waals surface area contributed by atoms with Gasteiger partial charge in [-0.1, -0.05) is 12.1 Å². The van der Waals surface area contributed by atoms with Crippen LogP contribution < -0.4 is 0 Å². The highest BCUT2D eigenvalue weighted by molar-refractivity contribution is 7.91. The van der Waals surface area contributed by atoms with E-state index in [0.29, 0.717) is 0 Å². The van der Waals surface area contributed by atoms with Gasteiger partial charge in [-0.3, -0.25) is 4.79 Å². The standard InChI is InChI=1S/C13H15F3O4S/c1-9(7-12(17)20-2)21(18,19)8-10-3-5-11(6-4-10)13(14,15)16/h3-6,9H,7-8H2,1-2H3. The zero-order valence-corrected chi connectivity index (χ0v) is 12.3. The molecule has 0 aliphatic rings. The molecule has 0 spiro atoms. The van der Waals surface area contributed by atoms with Crippen LogP contribution in [0, 0.1) is 0 Å². The minimum absolute atomic E-state index is 0.236. The molecule has 0 aliphatic carbocycles. The molecule has 4 nitrogen and oxygen atoms in total. The van der Waals surface area contributed by atoms with Crippen molar-refractivity contribution in [1.29, 1.82) is 0 Å². The molecular formula is C13H15F3O4S. The zero-order chi connectivity index (χ0) is 16.3. The van der Waals surface area contributed by atoms with Crippen molar-refractivity contribution in [3.63, 3.8) is 0 Å². The number of rotatable bonds is 5. The number of esters is 1. The molecule has 0 aliphatic heterocycles. The molecule has 1 aromatic carbocycles. The number of carbonyl (C=O) groups excluding carboxylic acids is 1. The second-order valence-electron chi connectivity index (χ2n) is 4.59. The lowest BCUT2D eigenvalue weighted by Crippen LogP contribution is -2.23. The fourth-order valence-corrected chi connectivity index (χ4v) is 2.94. The molecule has 118 valence electrons. The van der Waals surface area contributed by atoms with Gasteiger partial charge in [-0.15, -0.1) is 0 Å². The molecule has 1 atom stereocenters. The summed E-state index contributed by atoms with van der Waals surface area (Å²) in [6, 6.07) is 3.89. The Kier molecular flexibility index (Phi) is 5.38. The molecule has 1 rings (SSSR count). The molecule has 0 radical (unpaired) electrons. The van der Waals surface area contributed by atoms with Crippen molar-refractivity contribution in [3.8, 4) is 0 Å². The third-order valence-electron chi connectivity index (χ3n) is 2.94. The summed E-state index contributed by atoms with van der Waals surface area (Å²) in [5, 5.41) is -0.966. The van der Waals surface area contributed by atoms with Crippen molar-refractivity contribution in [2.24, 2.45) is 0 Å². The van der Waals surface area contributed by atoms with Gasteiger partial charge in [0.15, 0.2) is 9.84 Å². The van der Waals surface area contributed by atoms with E-state index >= 15 is 0 Å². The maximum Gasteiger partial charge on any atom is 0.416 e. The summed E-state index contributed by atoms with van der Waals surface area (Å²) in [6.45, 7) is 1.36. The Balaban J connectivity index is 2.82. The highest BCUT2D eigenvalue weighted by Crippen LogP contribution is 2.29. The van der Waals surface area contributed by atoms with E-state index in [1.54, 1.807) is 0 Å². The van der Waals surface area contributed by atoms with Crippen LogP contribution in [0.1, 0.15) is 24.5 Å². The van der Waals surface area contributed by atoms with Crippen molar-refractivity contribution in [3.05, 3.63) is 35.4 Å². The first kappa shape index (κ1) is 17.5. The topological polar surface area (TPSA) is 60.4 Å². The van der Waals surface area contributed by atoms with Gasteiger partial charge < -0.3 is 4.74 Å². The number of hydrogen-bond acceptors (Lipinski definition) is 4. The maximum absolute atomic E-state index is 12.4. The molecule has 1 aromatic rings. The van der Waals surface area contributed by atoms with Gasteiger partial charge in [0, 0.05) is 0 Å². The minimum atomic E-state index is -4.46. The summed E-state index contributed by atoms with van der Waals surface area (Å²) in [5.41, 5.74) is -0.606. The summed E-state index contributed by atoms with van der Waals surface area (Å²) in [6.07, 6.45) is -4.75. The van der Waals surface area contributed by atoms with E-state index < -0.39 is 38.5 Å². The number of ether oxygens (including phenoxy) is 1. The summed E-state index contributed by atoms with van der Waals surface area (Å²) >= 11 is 0. The van der Waals surface area contributed by atoms with Gasteiger partial charge in [-0.05, 0) is 24.6 Å². The highest BCUT2D eigenvalue weighted by Gasteiger charge is 2.30. The van der Waals surface area contributed by atoms with Gasteiger partial charge in [0.05, 0.1) is 30.1 Å². The molecule has 0 bridgehead atoms. The van der Waals surface area contributed by atoms with Crippen molar-refractivity contribution in [1.82, 2.24) is 0 Å². The number of alkyl halides is 3. The predicted molar refractivity (Wildman–Crippen MR) is 70.2 cm³/mol. The lowest BCUT2D eigenvalue weighted by Gasteiger charge is -2.12. The van der Waals surface area contributed by atoms with Gasteiger partial charge in [0.2, 0.25) is 0 Å². The van der Waals surface area contributed by atoms with Crippen LogP contribution in [0.4, 0.5) is 13.2 Å². The largest absolute Gasteiger partial charge is 0.469 e. The highest BCUT2D eigenvalue weighted by atomic mass is 32.2. The predicted octanol–water partition coefficient (Wildman–Crippen LogP) is 2.57. The number of methoxy groups -OCH3 is 1. The molecule has 0 N–H and O–H groups in total. The average molecular weight is 324 g/mol. The Morgan fingerprint density at radius 1 is 1.24 bits per heavy atom. The van der Waals surface area contributed by atoms with Gasteiger partial charge in [-0.25, -0.2) is 8.42 Å². The van der Waals surface area contributed by atoms with E-state index in [4.69, 9.17) is 0 Å². The molecule has 0 amide bonds.